The molecule has 0 aliphatic heterocycles. The second-order valence-corrected chi connectivity index (χ2v) is 9.98. The fraction of sp³-hybridized carbons (Fsp3) is 0.630. The number of benzene rings is 1. The fourth-order valence-corrected chi connectivity index (χ4v) is 3.29. The van der Waals surface area contributed by atoms with Crippen molar-refractivity contribution in [2.75, 3.05) is 13.7 Å². The summed E-state index contributed by atoms with van der Waals surface area (Å²) >= 11 is 0. The van der Waals surface area contributed by atoms with Gasteiger partial charge in [0.1, 0.15) is 5.54 Å². The minimum atomic E-state index is -1.50. The van der Waals surface area contributed by atoms with Crippen LogP contribution in [0.5, 0.6) is 11.5 Å². The smallest absolute Gasteiger partial charge is 0.326 e. The van der Waals surface area contributed by atoms with Crippen molar-refractivity contribution < 1.29 is 38.1 Å². The molecule has 2 N–H and O–H groups in total. The van der Waals surface area contributed by atoms with Crippen LogP contribution < -0.4 is 15.2 Å². The first kappa shape index (κ1) is 31.1. The van der Waals surface area contributed by atoms with Crippen LogP contribution in [0.25, 0.3) is 0 Å². The van der Waals surface area contributed by atoms with Gasteiger partial charge in [-0.1, -0.05) is 47.6 Å². The summed E-state index contributed by atoms with van der Waals surface area (Å²) in [6.07, 6.45) is 1.04. The van der Waals surface area contributed by atoms with Gasteiger partial charge in [-0.25, -0.2) is 0 Å². The van der Waals surface area contributed by atoms with E-state index in [2.05, 4.69) is 0 Å². The number of ether oxygens (including phenoxy) is 4. The fourth-order valence-electron chi connectivity index (χ4n) is 3.29. The second kappa shape index (κ2) is 14.6. The molecule has 0 aliphatic carbocycles. The molecule has 1 aromatic rings. The van der Waals surface area contributed by atoms with Gasteiger partial charge in [0.05, 0.1) is 19.6 Å². The highest BCUT2D eigenvalue weighted by Crippen LogP contribution is 2.31. The second-order valence-electron chi connectivity index (χ2n) is 9.98. The molecule has 0 bridgehead atoms. The lowest BCUT2D eigenvalue weighted by atomic mass is 9.88. The van der Waals surface area contributed by atoms with Gasteiger partial charge in [0.15, 0.2) is 11.5 Å². The monoisotopic (exact) mass is 507 g/mol. The zero-order valence-electron chi connectivity index (χ0n) is 22.6. The molecule has 0 fully saturated rings. The molecule has 202 valence electrons. The molecule has 0 aromatic heterocycles. The highest BCUT2D eigenvalue weighted by molar-refractivity contribution is 5.81. The van der Waals surface area contributed by atoms with E-state index in [0.717, 1.165) is 0 Å². The number of hydrogen-bond donors (Lipinski definition) is 1. The van der Waals surface area contributed by atoms with Crippen molar-refractivity contribution in [2.45, 2.75) is 79.2 Å². The van der Waals surface area contributed by atoms with Gasteiger partial charge >= 0.3 is 23.9 Å². The van der Waals surface area contributed by atoms with Gasteiger partial charge in [-0.15, -0.1) is 0 Å². The highest BCUT2D eigenvalue weighted by atomic mass is 16.6. The third-order valence-electron chi connectivity index (χ3n) is 5.52. The standard InChI is InChI=1S/C27H41NO8/c1-8-19(6)25(31)34-12-11-27(28,26(32)33-7)16-20-9-10-21(35-23(29)13-17(2)3)22(15-20)36-24(30)14-18(4)5/h9-10,15,17-19H,8,11-14,16,28H2,1-7H3/t19?,27-/m1/s1. The van der Waals surface area contributed by atoms with E-state index in [4.69, 9.17) is 24.7 Å². The van der Waals surface area contributed by atoms with Crippen LogP contribution in [0, 0.1) is 17.8 Å². The van der Waals surface area contributed by atoms with Crippen LogP contribution >= 0.6 is 0 Å². The quantitative estimate of drug-likeness (QED) is 0.293. The number of nitrogens with two attached hydrogens (primary N) is 1. The van der Waals surface area contributed by atoms with Crippen molar-refractivity contribution in [3.05, 3.63) is 23.8 Å². The SMILES string of the molecule is CCC(C)C(=O)OCC[C@@](N)(Cc1ccc(OC(=O)CC(C)C)c(OC(=O)CC(C)C)c1)C(=O)OC. The molecule has 0 radical (unpaired) electrons. The van der Waals surface area contributed by atoms with E-state index < -0.39 is 23.4 Å². The Labute approximate surface area is 214 Å². The minimum absolute atomic E-state index is 0.00943. The van der Waals surface area contributed by atoms with E-state index in [0.29, 0.717) is 12.0 Å². The van der Waals surface area contributed by atoms with Gasteiger partial charge in [0.2, 0.25) is 0 Å². The van der Waals surface area contributed by atoms with Crippen LogP contribution in [0.1, 0.15) is 72.8 Å². The lowest BCUT2D eigenvalue weighted by Gasteiger charge is -2.27. The first-order valence-electron chi connectivity index (χ1n) is 12.4. The molecule has 9 nitrogen and oxygen atoms in total. The number of hydrogen-bond acceptors (Lipinski definition) is 9. The summed E-state index contributed by atoms with van der Waals surface area (Å²) in [5.41, 5.74) is 5.46. The van der Waals surface area contributed by atoms with Crippen molar-refractivity contribution in [1.29, 1.82) is 0 Å². The zero-order valence-corrected chi connectivity index (χ0v) is 22.6. The minimum Gasteiger partial charge on any atom is -0.468 e. The molecule has 0 aliphatic rings. The molecule has 1 unspecified atom stereocenters. The number of rotatable bonds is 14. The molecule has 1 rings (SSSR count). The predicted molar refractivity (Wildman–Crippen MR) is 134 cm³/mol. The Morgan fingerprint density at radius 1 is 0.917 bits per heavy atom. The zero-order chi connectivity index (χ0) is 27.5. The Kier molecular flexibility index (Phi) is 12.6. The summed E-state index contributed by atoms with van der Waals surface area (Å²) in [6.45, 7) is 11.1. The summed E-state index contributed by atoms with van der Waals surface area (Å²) < 4.78 is 21.1. The molecule has 0 spiro atoms. The van der Waals surface area contributed by atoms with Gasteiger partial charge in [-0.2, -0.15) is 0 Å². The van der Waals surface area contributed by atoms with Crippen LogP contribution in [0.15, 0.2) is 18.2 Å². The third-order valence-corrected chi connectivity index (χ3v) is 5.52. The summed E-state index contributed by atoms with van der Waals surface area (Å²) in [7, 11) is 1.23. The molecule has 0 saturated carbocycles. The van der Waals surface area contributed by atoms with E-state index in [9.17, 15) is 19.2 Å². The van der Waals surface area contributed by atoms with Crippen molar-refractivity contribution in [1.82, 2.24) is 0 Å². The average molecular weight is 508 g/mol. The van der Waals surface area contributed by atoms with Crippen LogP contribution in [0.4, 0.5) is 0 Å². The lowest BCUT2D eigenvalue weighted by Crippen LogP contribution is -2.51. The van der Waals surface area contributed by atoms with Crippen molar-refractivity contribution in [3.63, 3.8) is 0 Å². The Morgan fingerprint density at radius 3 is 1.97 bits per heavy atom. The van der Waals surface area contributed by atoms with Gasteiger partial charge in [0, 0.05) is 25.7 Å². The molecule has 1 aromatic carbocycles. The van der Waals surface area contributed by atoms with Gasteiger partial charge in [-0.3, -0.25) is 19.2 Å². The Balaban J connectivity index is 3.18. The molecule has 0 saturated heterocycles. The highest BCUT2D eigenvalue weighted by Gasteiger charge is 2.36. The van der Waals surface area contributed by atoms with E-state index in [1.165, 1.54) is 19.2 Å². The Bertz CT molecular complexity index is 911. The molecule has 9 heteroatoms. The van der Waals surface area contributed by atoms with E-state index >= 15 is 0 Å². The van der Waals surface area contributed by atoms with Gasteiger partial charge < -0.3 is 24.7 Å². The molecular weight excluding hydrogens is 466 g/mol. The topological polar surface area (TPSA) is 131 Å². The lowest BCUT2D eigenvalue weighted by molar-refractivity contribution is -0.153. The summed E-state index contributed by atoms with van der Waals surface area (Å²) in [5, 5.41) is 0. The Hall–Kier alpha value is -2.94. The normalized spacial score (nSPS) is 13.6. The molecule has 0 amide bonds. The summed E-state index contributed by atoms with van der Waals surface area (Å²) in [5.74, 6) is -1.90. The van der Waals surface area contributed by atoms with Crippen LogP contribution in [0.2, 0.25) is 0 Å². The number of methoxy groups -OCH3 is 1. The molecular formula is C27H41NO8. The van der Waals surface area contributed by atoms with Crippen LogP contribution in [-0.2, 0) is 35.1 Å². The van der Waals surface area contributed by atoms with E-state index in [-0.39, 0.29) is 67.5 Å². The molecule has 36 heavy (non-hydrogen) atoms. The maximum atomic E-state index is 12.6. The van der Waals surface area contributed by atoms with Crippen molar-refractivity contribution in [3.8, 4) is 11.5 Å². The number of esters is 4. The largest absolute Gasteiger partial charge is 0.468 e. The predicted octanol–water partition coefficient (Wildman–Crippen LogP) is 3.98. The van der Waals surface area contributed by atoms with E-state index in [1.54, 1.807) is 13.0 Å². The first-order valence-corrected chi connectivity index (χ1v) is 12.4. The average Bonchev–Trinajstić information content (AvgIpc) is 2.78. The van der Waals surface area contributed by atoms with Gasteiger partial charge in [0.25, 0.3) is 0 Å². The number of carbonyl (C=O) groups is 4. The van der Waals surface area contributed by atoms with Crippen molar-refractivity contribution in [2.24, 2.45) is 23.5 Å². The van der Waals surface area contributed by atoms with Crippen LogP contribution in [0.3, 0.4) is 0 Å². The molecule has 0 heterocycles. The summed E-state index contributed by atoms with van der Waals surface area (Å²) in [6, 6.07) is 4.66. The first-order chi connectivity index (χ1) is 16.8. The van der Waals surface area contributed by atoms with E-state index in [1.807, 2.05) is 34.6 Å². The third kappa shape index (κ3) is 10.4. The maximum absolute atomic E-state index is 12.6. The van der Waals surface area contributed by atoms with Crippen LogP contribution in [-0.4, -0.2) is 43.1 Å². The van der Waals surface area contributed by atoms with Crippen molar-refractivity contribution >= 4 is 23.9 Å². The maximum Gasteiger partial charge on any atom is 0.326 e. The Morgan fingerprint density at radius 2 is 1.47 bits per heavy atom. The number of carbonyl (C=O) groups excluding carboxylic acids is 4. The van der Waals surface area contributed by atoms with Gasteiger partial charge in [-0.05, 0) is 36.0 Å². The summed E-state index contributed by atoms with van der Waals surface area (Å²) in [4.78, 5) is 49.2. The molecule has 2 atom stereocenters.